The molecule has 3 amide bonds. The van der Waals surface area contributed by atoms with Gasteiger partial charge < -0.3 is 14.1 Å². The van der Waals surface area contributed by atoms with Crippen LogP contribution in [0.2, 0.25) is 0 Å². The summed E-state index contributed by atoms with van der Waals surface area (Å²) in [6, 6.07) is 10.5. The summed E-state index contributed by atoms with van der Waals surface area (Å²) in [6.45, 7) is 3.07. The number of carbonyl (C=O) groups excluding carboxylic acids is 2. The van der Waals surface area contributed by atoms with E-state index in [0.717, 1.165) is 4.90 Å². The van der Waals surface area contributed by atoms with Gasteiger partial charge >= 0.3 is 17.2 Å². The van der Waals surface area contributed by atoms with Crippen LogP contribution < -0.4 is 15.3 Å². The van der Waals surface area contributed by atoms with Gasteiger partial charge in [0.2, 0.25) is 0 Å². The minimum atomic E-state index is -4.45. The SMILES string of the molecule is COc1ccc2c(CN3C(=O)N(c4ccc(SC(F)(F)F)cc4)C(=O)C3(C)C)cc(=O)oc2c1. The molecule has 0 unspecified atom stereocenters. The highest BCUT2D eigenvalue weighted by Gasteiger charge is 2.51. The Balaban J connectivity index is 1.67. The fraction of sp³-hybridized carbons (Fsp3) is 0.261. The van der Waals surface area contributed by atoms with Gasteiger partial charge in [0, 0.05) is 29.0 Å². The highest BCUT2D eigenvalue weighted by atomic mass is 32.2. The third-order valence-corrected chi connectivity index (χ3v) is 6.26. The van der Waals surface area contributed by atoms with Crippen LogP contribution in [0.4, 0.5) is 23.7 Å². The average Bonchev–Trinajstić information content (AvgIpc) is 2.92. The summed E-state index contributed by atoms with van der Waals surface area (Å²) < 4.78 is 48.2. The molecular formula is C23H19F3N2O5S. The number of rotatable bonds is 5. The maximum atomic E-state index is 13.3. The predicted molar refractivity (Wildman–Crippen MR) is 120 cm³/mol. The Kier molecular flexibility index (Phi) is 5.84. The van der Waals surface area contributed by atoms with E-state index in [-0.39, 0.29) is 34.5 Å². The zero-order valence-corrected chi connectivity index (χ0v) is 19.1. The summed E-state index contributed by atoms with van der Waals surface area (Å²) in [5.41, 5.74) is -5.45. The lowest BCUT2D eigenvalue weighted by atomic mass is 10.0. The molecule has 1 aromatic heterocycles. The molecule has 4 rings (SSSR count). The van der Waals surface area contributed by atoms with Crippen LogP contribution in [0.25, 0.3) is 11.0 Å². The molecular weight excluding hydrogens is 473 g/mol. The van der Waals surface area contributed by atoms with E-state index < -0.39 is 28.6 Å². The first-order valence-corrected chi connectivity index (χ1v) is 10.8. The Labute approximate surface area is 196 Å². The number of anilines is 1. The number of amides is 3. The maximum absolute atomic E-state index is 13.3. The topological polar surface area (TPSA) is 80.1 Å². The van der Waals surface area contributed by atoms with Gasteiger partial charge in [-0.05, 0) is 67.6 Å². The van der Waals surface area contributed by atoms with Crippen molar-refractivity contribution in [2.24, 2.45) is 0 Å². The van der Waals surface area contributed by atoms with Gasteiger partial charge in [0.05, 0.1) is 12.8 Å². The van der Waals surface area contributed by atoms with Crippen LogP contribution in [0.1, 0.15) is 19.4 Å². The number of nitrogens with zero attached hydrogens (tertiary/aromatic N) is 2. The molecule has 178 valence electrons. The highest BCUT2D eigenvalue weighted by molar-refractivity contribution is 8.00. The lowest BCUT2D eigenvalue weighted by Gasteiger charge is -2.28. The normalized spacial score (nSPS) is 15.9. The van der Waals surface area contributed by atoms with Crippen LogP contribution in [0.3, 0.4) is 0 Å². The minimum absolute atomic E-state index is 0.0650. The van der Waals surface area contributed by atoms with Crippen LogP contribution in [-0.4, -0.2) is 35.0 Å². The number of ether oxygens (including phenoxy) is 1. The molecule has 1 aliphatic heterocycles. The molecule has 0 atom stereocenters. The van der Waals surface area contributed by atoms with Crippen LogP contribution >= 0.6 is 11.8 Å². The van der Waals surface area contributed by atoms with Crippen molar-refractivity contribution in [1.82, 2.24) is 4.90 Å². The molecule has 7 nitrogen and oxygen atoms in total. The Hall–Kier alpha value is -3.47. The number of hydrogen-bond acceptors (Lipinski definition) is 6. The quantitative estimate of drug-likeness (QED) is 0.278. The van der Waals surface area contributed by atoms with Gasteiger partial charge in [0.1, 0.15) is 16.9 Å². The second kappa shape index (κ2) is 8.39. The first-order chi connectivity index (χ1) is 15.9. The fourth-order valence-electron chi connectivity index (χ4n) is 3.76. The summed E-state index contributed by atoms with van der Waals surface area (Å²) in [5.74, 6) is -0.0541. The molecule has 0 aliphatic carbocycles. The molecule has 0 saturated carbocycles. The van der Waals surface area contributed by atoms with Gasteiger partial charge in [0.25, 0.3) is 5.91 Å². The number of carbonyl (C=O) groups is 2. The lowest BCUT2D eigenvalue weighted by Crippen LogP contribution is -2.43. The molecule has 1 fully saturated rings. The second-order valence-corrected chi connectivity index (χ2v) is 9.20. The van der Waals surface area contributed by atoms with E-state index in [1.165, 1.54) is 42.3 Å². The van der Waals surface area contributed by atoms with Crippen molar-refractivity contribution >= 4 is 40.4 Å². The molecule has 1 saturated heterocycles. The predicted octanol–water partition coefficient (Wildman–Crippen LogP) is 5.16. The average molecular weight is 492 g/mol. The smallest absolute Gasteiger partial charge is 0.446 e. The number of urea groups is 1. The lowest BCUT2D eigenvalue weighted by molar-refractivity contribution is -0.123. The molecule has 2 heterocycles. The molecule has 11 heteroatoms. The summed E-state index contributed by atoms with van der Waals surface area (Å²) in [7, 11) is 1.48. The van der Waals surface area contributed by atoms with Gasteiger partial charge in [-0.25, -0.2) is 14.5 Å². The molecule has 0 N–H and O–H groups in total. The minimum Gasteiger partial charge on any atom is -0.497 e. The Morgan fingerprint density at radius 1 is 1.03 bits per heavy atom. The van der Waals surface area contributed by atoms with E-state index in [4.69, 9.17) is 9.15 Å². The maximum Gasteiger partial charge on any atom is 0.446 e. The Morgan fingerprint density at radius 3 is 2.32 bits per heavy atom. The van der Waals surface area contributed by atoms with Gasteiger partial charge in [-0.1, -0.05) is 0 Å². The number of thioether (sulfide) groups is 1. The first-order valence-electron chi connectivity index (χ1n) is 10.0. The summed E-state index contributed by atoms with van der Waals surface area (Å²) >= 11 is -0.285. The zero-order chi connectivity index (χ0) is 24.8. The largest absolute Gasteiger partial charge is 0.497 e. The van der Waals surface area contributed by atoms with Crippen molar-refractivity contribution in [2.75, 3.05) is 12.0 Å². The molecule has 34 heavy (non-hydrogen) atoms. The number of halogens is 3. The van der Waals surface area contributed by atoms with Crippen LogP contribution in [-0.2, 0) is 11.3 Å². The summed E-state index contributed by atoms with van der Waals surface area (Å²) in [5, 5.41) is 0.573. The molecule has 0 spiro atoms. The van der Waals surface area contributed by atoms with E-state index in [1.54, 1.807) is 32.0 Å². The van der Waals surface area contributed by atoms with Gasteiger partial charge in [-0.15, -0.1) is 0 Å². The van der Waals surface area contributed by atoms with Crippen molar-refractivity contribution in [2.45, 2.75) is 36.3 Å². The van der Waals surface area contributed by atoms with Crippen molar-refractivity contribution < 1.29 is 31.9 Å². The first kappa shape index (κ1) is 23.7. The molecule has 2 aromatic carbocycles. The monoisotopic (exact) mass is 492 g/mol. The highest BCUT2D eigenvalue weighted by Crippen LogP contribution is 2.39. The van der Waals surface area contributed by atoms with Crippen molar-refractivity contribution in [3.05, 3.63) is 64.5 Å². The van der Waals surface area contributed by atoms with E-state index in [0.29, 0.717) is 16.7 Å². The fourth-order valence-corrected chi connectivity index (χ4v) is 4.30. The van der Waals surface area contributed by atoms with Crippen LogP contribution in [0, 0.1) is 0 Å². The van der Waals surface area contributed by atoms with E-state index in [1.807, 2.05) is 0 Å². The number of methoxy groups -OCH3 is 1. The van der Waals surface area contributed by atoms with E-state index in [9.17, 15) is 27.6 Å². The number of benzene rings is 2. The van der Waals surface area contributed by atoms with Crippen molar-refractivity contribution in [1.29, 1.82) is 0 Å². The van der Waals surface area contributed by atoms with Crippen molar-refractivity contribution in [3.63, 3.8) is 0 Å². The van der Waals surface area contributed by atoms with Gasteiger partial charge in [0.15, 0.2) is 0 Å². The third-order valence-electron chi connectivity index (χ3n) is 5.52. The van der Waals surface area contributed by atoms with Crippen molar-refractivity contribution in [3.8, 4) is 5.75 Å². The summed E-state index contributed by atoms with van der Waals surface area (Å²) in [6.07, 6.45) is 0. The van der Waals surface area contributed by atoms with Gasteiger partial charge in [-0.3, -0.25) is 4.79 Å². The number of fused-ring (bicyclic) bond motifs is 1. The Bertz CT molecular complexity index is 1340. The third kappa shape index (κ3) is 4.35. The van der Waals surface area contributed by atoms with E-state index in [2.05, 4.69) is 0 Å². The molecule has 0 bridgehead atoms. The zero-order valence-electron chi connectivity index (χ0n) is 18.3. The molecule has 3 aromatic rings. The van der Waals surface area contributed by atoms with E-state index >= 15 is 0 Å². The number of hydrogen-bond donors (Lipinski definition) is 0. The van der Waals surface area contributed by atoms with Gasteiger partial charge in [-0.2, -0.15) is 13.2 Å². The summed E-state index contributed by atoms with van der Waals surface area (Å²) in [4.78, 5) is 40.8. The molecule has 1 aliphatic rings. The number of alkyl halides is 3. The Morgan fingerprint density at radius 2 is 1.71 bits per heavy atom. The second-order valence-electron chi connectivity index (χ2n) is 8.06. The van der Waals surface area contributed by atoms with Crippen LogP contribution in [0.15, 0.2) is 62.6 Å². The molecule has 0 radical (unpaired) electrons. The van der Waals surface area contributed by atoms with Crippen LogP contribution in [0.5, 0.6) is 5.75 Å². The standard InChI is InChI=1S/C23H19F3N2O5S/c1-22(2)20(30)28(14-4-7-16(8-5-14)34-23(24,25)26)21(31)27(22)12-13-10-19(29)33-18-11-15(32-3)6-9-17(13)18/h4-11H,12H2,1-3H3. The number of imide groups is 1.